The van der Waals surface area contributed by atoms with Crippen LogP contribution in [0.2, 0.25) is 5.02 Å². The molecule has 0 N–H and O–H groups in total. The molecule has 0 aliphatic rings. The smallest absolute Gasteiger partial charge is 0.142 e. The summed E-state index contributed by atoms with van der Waals surface area (Å²) in [6.07, 6.45) is 0. The average Bonchev–Trinajstić information content (AvgIpc) is 3.05. The zero-order chi connectivity index (χ0) is 16.6. The van der Waals surface area contributed by atoms with E-state index in [0.717, 1.165) is 27.5 Å². The zero-order valence-corrected chi connectivity index (χ0v) is 15.0. The average molecular weight is 349 g/mol. The van der Waals surface area contributed by atoms with E-state index in [-0.39, 0.29) is 0 Å². The quantitative estimate of drug-likeness (QED) is 0.653. The molecule has 3 rings (SSSR count). The number of halogens is 1. The molecule has 0 amide bonds. The van der Waals surface area contributed by atoms with Crippen molar-refractivity contribution in [1.82, 2.24) is 9.97 Å². The molecule has 0 saturated heterocycles. The van der Waals surface area contributed by atoms with Crippen LogP contribution in [0.5, 0.6) is 11.5 Å². The van der Waals surface area contributed by atoms with Crippen LogP contribution in [0.3, 0.4) is 0 Å². The van der Waals surface area contributed by atoms with Gasteiger partial charge in [-0.1, -0.05) is 25.4 Å². The van der Waals surface area contributed by atoms with E-state index in [1.54, 1.807) is 25.6 Å². The third-order valence-corrected chi connectivity index (χ3v) is 4.87. The number of rotatable bonds is 4. The summed E-state index contributed by atoms with van der Waals surface area (Å²) in [5.41, 5.74) is 2.46. The summed E-state index contributed by atoms with van der Waals surface area (Å²) in [6, 6.07) is 5.61. The van der Waals surface area contributed by atoms with Gasteiger partial charge in [-0.25, -0.2) is 9.97 Å². The van der Waals surface area contributed by atoms with E-state index in [4.69, 9.17) is 26.1 Å². The van der Waals surface area contributed by atoms with Crippen molar-refractivity contribution in [3.8, 4) is 22.2 Å². The van der Waals surface area contributed by atoms with Crippen LogP contribution in [0.4, 0.5) is 0 Å². The lowest BCUT2D eigenvalue weighted by atomic mass is 10.1. The van der Waals surface area contributed by atoms with Gasteiger partial charge in [-0.2, -0.15) is 0 Å². The van der Waals surface area contributed by atoms with Gasteiger partial charge in [0.2, 0.25) is 0 Å². The summed E-state index contributed by atoms with van der Waals surface area (Å²) in [6.45, 7) is 4.24. The molecule has 6 heteroatoms. The lowest BCUT2D eigenvalue weighted by molar-refractivity contribution is 0.414. The SMILES string of the molecule is COc1ccc2c(OC)cc(-c3nc(C(C)C)cs3)nc2c1Cl. The first kappa shape index (κ1) is 16.0. The molecule has 23 heavy (non-hydrogen) atoms. The molecular weight excluding hydrogens is 332 g/mol. The van der Waals surface area contributed by atoms with Gasteiger partial charge in [-0.15, -0.1) is 11.3 Å². The fourth-order valence-electron chi connectivity index (χ4n) is 2.31. The number of benzene rings is 1. The molecule has 2 aromatic heterocycles. The molecule has 0 bridgehead atoms. The molecule has 2 heterocycles. The Labute approximate surface area is 144 Å². The van der Waals surface area contributed by atoms with Crippen molar-refractivity contribution < 1.29 is 9.47 Å². The molecule has 120 valence electrons. The molecule has 0 atom stereocenters. The number of methoxy groups -OCH3 is 2. The minimum Gasteiger partial charge on any atom is -0.496 e. The predicted molar refractivity (Wildman–Crippen MR) is 95.1 cm³/mol. The highest BCUT2D eigenvalue weighted by atomic mass is 35.5. The first-order valence-electron chi connectivity index (χ1n) is 7.22. The first-order valence-corrected chi connectivity index (χ1v) is 8.48. The van der Waals surface area contributed by atoms with Gasteiger partial charge in [0.15, 0.2) is 0 Å². The number of fused-ring (bicyclic) bond motifs is 1. The molecule has 4 nitrogen and oxygen atoms in total. The highest BCUT2D eigenvalue weighted by Crippen LogP contribution is 2.38. The number of hydrogen-bond acceptors (Lipinski definition) is 5. The van der Waals surface area contributed by atoms with Crippen molar-refractivity contribution >= 4 is 33.8 Å². The van der Waals surface area contributed by atoms with E-state index in [1.165, 1.54) is 0 Å². The second-order valence-corrected chi connectivity index (χ2v) is 6.66. The third kappa shape index (κ3) is 2.86. The maximum Gasteiger partial charge on any atom is 0.142 e. The molecule has 0 aliphatic heterocycles. The Kier molecular flexibility index (Phi) is 4.41. The lowest BCUT2D eigenvalue weighted by Gasteiger charge is -2.11. The van der Waals surface area contributed by atoms with Crippen LogP contribution in [0.15, 0.2) is 23.6 Å². The van der Waals surface area contributed by atoms with E-state index in [2.05, 4.69) is 24.2 Å². The standard InChI is InChI=1S/C17H17ClN2O2S/c1-9(2)12-8-23-17(20-12)11-7-14(22-4)10-5-6-13(21-3)15(18)16(10)19-11/h5-9H,1-4H3. The molecule has 3 aromatic rings. The third-order valence-electron chi connectivity index (χ3n) is 3.62. The number of ether oxygens (including phenoxy) is 2. The summed E-state index contributed by atoms with van der Waals surface area (Å²) >= 11 is 8.00. The van der Waals surface area contributed by atoms with Crippen LogP contribution in [-0.2, 0) is 0 Å². The molecule has 0 unspecified atom stereocenters. The van der Waals surface area contributed by atoms with Gasteiger partial charge < -0.3 is 9.47 Å². The second-order valence-electron chi connectivity index (χ2n) is 5.42. The summed E-state index contributed by atoms with van der Waals surface area (Å²) in [5, 5.41) is 4.24. The van der Waals surface area contributed by atoms with Crippen molar-refractivity contribution in [2.75, 3.05) is 14.2 Å². The highest BCUT2D eigenvalue weighted by Gasteiger charge is 2.16. The Morgan fingerprint density at radius 3 is 2.43 bits per heavy atom. The van der Waals surface area contributed by atoms with Gasteiger partial charge in [-0.05, 0) is 18.1 Å². The van der Waals surface area contributed by atoms with Crippen LogP contribution in [0.25, 0.3) is 21.6 Å². The monoisotopic (exact) mass is 348 g/mol. The molecule has 0 saturated carbocycles. The van der Waals surface area contributed by atoms with Gasteiger partial charge in [0.25, 0.3) is 0 Å². The highest BCUT2D eigenvalue weighted by molar-refractivity contribution is 7.13. The van der Waals surface area contributed by atoms with Gasteiger partial charge in [0.05, 0.1) is 25.4 Å². The second kappa shape index (κ2) is 6.34. The number of aromatic nitrogens is 2. The molecular formula is C17H17ClN2O2S. The maximum atomic E-state index is 6.43. The largest absolute Gasteiger partial charge is 0.496 e. The fraction of sp³-hybridized carbons (Fsp3) is 0.294. The van der Waals surface area contributed by atoms with Crippen molar-refractivity contribution in [2.24, 2.45) is 0 Å². The van der Waals surface area contributed by atoms with E-state index in [9.17, 15) is 0 Å². The van der Waals surface area contributed by atoms with Crippen molar-refractivity contribution in [3.63, 3.8) is 0 Å². The van der Waals surface area contributed by atoms with Crippen LogP contribution in [-0.4, -0.2) is 24.2 Å². The van der Waals surface area contributed by atoms with Crippen LogP contribution in [0.1, 0.15) is 25.5 Å². The summed E-state index contributed by atoms with van der Waals surface area (Å²) in [5.74, 6) is 1.69. The Morgan fingerprint density at radius 2 is 1.83 bits per heavy atom. The number of hydrogen-bond donors (Lipinski definition) is 0. The van der Waals surface area contributed by atoms with Crippen LogP contribution < -0.4 is 9.47 Å². The van der Waals surface area contributed by atoms with E-state index in [1.807, 2.05) is 18.2 Å². The van der Waals surface area contributed by atoms with Crippen LogP contribution >= 0.6 is 22.9 Å². The van der Waals surface area contributed by atoms with Gasteiger partial charge in [-0.3, -0.25) is 0 Å². The molecule has 0 radical (unpaired) electrons. The Balaban J connectivity index is 2.23. The van der Waals surface area contributed by atoms with Gasteiger partial charge >= 0.3 is 0 Å². The Bertz CT molecular complexity index is 861. The van der Waals surface area contributed by atoms with E-state index < -0.39 is 0 Å². The predicted octanol–water partition coefficient (Wildman–Crippen LogP) is 5.15. The normalized spacial score (nSPS) is 11.2. The van der Waals surface area contributed by atoms with Gasteiger partial charge in [0.1, 0.15) is 27.2 Å². The Hall–Kier alpha value is -1.85. The van der Waals surface area contributed by atoms with Gasteiger partial charge in [0, 0.05) is 16.8 Å². The molecule has 1 aromatic carbocycles. The molecule has 0 fully saturated rings. The van der Waals surface area contributed by atoms with Crippen molar-refractivity contribution in [3.05, 3.63) is 34.3 Å². The summed E-state index contributed by atoms with van der Waals surface area (Å²) < 4.78 is 10.8. The summed E-state index contributed by atoms with van der Waals surface area (Å²) in [7, 11) is 3.22. The van der Waals surface area contributed by atoms with Crippen LogP contribution in [0, 0.1) is 0 Å². The van der Waals surface area contributed by atoms with E-state index in [0.29, 0.717) is 22.2 Å². The number of nitrogens with zero attached hydrogens (tertiary/aromatic N) is 2. The lowest BCUT2D eigenvalue weighted by Crippen LogP contribution is -1.94. The van der Waals surface area contributed by atoms with E-state index >= 15 is 0 Å². The van der Waals surface area contributed by atoms with Crippen molar-refractivity contribution in [2.45, 2.75) is 19.8 Å². The van der Waals surface area contributed by atoms with Crippen molar-refractivity contribution in [1.29, 1.82) is 0 Å². The fourth-order valence-corrected chi connectivity index (χ4v) is 3.54. The summed E-state index contributed by atoms with van der Waals surface area (Å²) in [4.78, 5) is 9.35. The number of thiazole rings is 1. The number of pyridine rings is 1. The Morgan fingerprint density at radius 1 is 1.09 bits per heavy atom. The topological polar surface area (TPSA) is 44.2 Å². The minimum absolute atomic E-state index is 0.381. The minimum atomic E-state index is 0.381. The zero-order valence-electron chi connectivity index (χ0n) is 13.4. The molecule has 0 aliphatic carbocycles. The maximum absolute atomic E-state index is 6.43. The first-order chi connectivity index (χ1) is 11.0. The molecule has 0 spiro atoms.